The van der Waals surface area contributed by atoms with Crippen LogP contribution in [0.5, 0.6) is 17.4 Å². The number of nitrogens with one attached hydrogen (secondary N) is 1. The highest BCUT2D eigenvalue weighted by molar-refractivity contribution is 6.31. The van der Waals surface area contributed by atoms with Crippen LogP contribution < -0.4 is 14.4 Å². The van der Waals surface area contributed by atoms with Gasteiger partial charge in [0.05, 0.1) is 29.0 Å². The van der Waals surface area contributed by atoms with E-state index in [-0.39, 0.29) is 18.6 Å². The molecule has 0 saturated carbocycles. The lowest BCUT2D eigenvalue weighted by Crippen LogP contribution is -2.48. The van der Waals surface area contributed by atoms with Gasteiger partial charge in [-0.2, -0.15) is 0 Å². The summed E-state index contributed by atoms with van der Waals surface area (Å²) in [6, 6.07) is 18.5. The number of carbonyl (C=O) groups excluding carboxylic acids is 1. The normalized spacial score (nSPS) is 16.0. The fraction of sp³-hybridized carbons (Fsp3) is 0.267. The quantitative estimate of drug-likeness (QED) is 0.334. The molecule has 9 nitrogen and oxygen atoms in total. The third-order valence-corrected chi connectivity index (χ3v) is 7.67. The van der Waals surface area contributed by atoms with Crippen LogP contribution in [0.15, 0.2) is 65.7 Å². The minimum absolute atomic E-state index is 0.0143. The minimum atomic E-state index is -0.0143. The van der Waals surface area contributed by atoms with E-state index in [9.17, 15) is 9.90 Å². The molecule has 2 aliphatic rings. The lowest BCUT2D eigenvalue weighted by Gasteiger charge is -2.32. The van der Waals surface area contributed by atoms with E-state index in [1.807, 2.05) is 48.5 Å². The number of aromatic amines is 1. The summed E-state index contributed by atoms with van der Waals surface area (Å²) in [7, 11) is 3.90. The highest BCUT2D eigenvalue weighted by atomic mass is 35.5. The highest BCUT2D eigenvalue weighted by Crippen LogP contribution is 2.37. The van der Waals surface area contributed by atoms with E-state index in [0.717, 1.165) is 42.8 Å². The molecule has 0 unspecified atom stereocenters. The van der Waals surface area contributed by atoms with Crippen LogP contribution in [0.2, 0.25) is 5.02 Å². The summed E-state index contributed by atoms with van der Waals surface area (Å²) in [6.07, 6.45) is 0. The molecule has 1 amide bonds. The number of nitrogens with zero attached hydrogens (tertiary/aromatic N) is 4. The molecule has 6 rings (SSSR count). The first-order chi connectivity index (χ1) is 19.4. The van der Waals surface area contributed by atoms with Crippen molar-refractivity contribution in [3.05, 3.63) is 76.8 Å². The van der Waals surface area contributed by atoms with Gasteiger partial charge in [0, 0.05) is 54.9 Å². The second-order valence-corrected chi connectivity index (χ2v) is 10.6. The first-order valence-electron chi connectivity index (χ1n) is 13.1. The molecule has 0 atom stereocenters. The number of aliphatic imine (C=N–C) groups is 1. The number of H-pyrrole nitrogens is 1. The maximum absolute atomic E-state index is 13.0. The molecule has 0 aliphatic carbocycles. The smallest absolute Gasteiger partial charge is 0.240 e. The van der Waals surface area contributed by atoms with E-state index < -0.39 is 0 Å². The number of fused-ring (bicyclic) bond motifs is 2. The van der Waals surface area contributed by atoms with Gasteiger partial charge in [-0.15, -0.1) is 0 Å². The molecule has 0 bridgehead atoms. The van der Waals surface area contributed by atoms with Crippen LogP contribution in [-0.2, 0) is 4.79 Å². The van der Waals surface area contributed by atoms with Crippen LogP contribution >= 0.6 is 11.6 Å². The standard InChI is InChI=1S/C30H30ClN5O4/c1-34-11-13-36(14-12-34)17-27(37)35(2)22-7-5-21(6-8-22)32-29(19-3-10-25-26(15-19)40-18-39-25)28-23-9-4-20(31)16-24(23)33-30(28)38/h3-10,15-16,33,38H,11-14,17-18H2,1-2H3. The summed E-state index contributed by atoms with van der Waals surface area (Å²) in [4.78, 5) is 27.1. The second-order valence-electron chi connectivity index (χ2n) is 10.1. The third-order valence-electron chi connectivity index (χ3n) is 7.43. The molecule has 1 fully saturated rings. The van der Waals surface area contributed by atoms with Crippen molar-refractivity contribution in [3.63, 3.8) is 0 Å². The first kappa shape index (κ1) is 26.2. The number of aromatic nitrogens is 1. The molecular formula is C30H30ClN5O4. The van der Waals surface area contributed by atoms with Gasteiger partial charge in [0.25, 0.3) is 0 Å². The van der Waals surface area contributed by atoms with Crippen molar-refractivity contribution < 1.29 is 19.4 Å². The van der Waals surface area contributed by atoms with Gasteiger partial charge in [0.2, 0.25) is 12.7 Å². The van der Waals surface area contributed by atoms with Gasteiger partial charge in [-0.1, -0.05) is 17.7 Å². The average Bonchev–Trinajstić information content (AvgIpc) is 3.55. The Balaban J connectivity index is 1.32. The Morgan fingerprint density at radius 2 is 1.77 bits per heavy atom. The zero-order valence-corrected chi connectivity index (χ0v) is 23.1. The summed E-state index contributed by atoms with van der Waals surface area (Å²) in [6.45, 7) is 4.26. The third kappa shape index (κ3) is 5.23. The molecule has 4 aromatic rings. The number of likely N-dealkylation sites (N-methyl/N-ethyl adjacent to an activating group) is 2. The van der Waals surface area contributed by atoms with Crippen molar-refractivity contribution in [1.29, 1.82) is 0 Å². The number of benzene rings is 3. The van der Waals surface area contributed by atoms with Gasteiger partial charge in [0.1, 0.15) is 0 Å². The van der Waals surface area contributed by atoms with E-state index >= 15 is 0 Å². The number of hydrogen-bond acceptors (Lipinski definition) is 7. The molecule has 2 N–H and O–H groups in total. The summed E-state index contributed by atoms with van der Waals surface area (Å²) >= 11 is 6.20. The molecule has 10 heteroatoms. The number of ether oxygens (including phenoxy) is 2. The van der Waals surface area contributed by atoms with Crippen molar-refractivity contribution in [1.82, 2.24) is 14.8 Å². The summed E-state index contributed by atoms with van der Waals surface area (Å²) in [5.74, 6) is 1.30. The molecular weight excluding hydrogens is 530 g/mol. The monoisotopic (exact) mass is 559 g/mol. The zero-order chi connectivity index (χ0) is 27.8. The average molecular weight is 560 g/mol. The Kier molecular flexibility index (Phi) is 7.10. The van der Waals surface area contributed by atoms with E-state index in [0.29, 0.717) is 45.5 Å². The molecule has 2 aliphatic heterocycles. The zero-order valence-electron chi connectivity index (χ0n) is 22.4. The van der Waals surface area contributed by atoms with Crippen molar-refractivity contribution >= 4 is 45.5 Å². The van der Waals surface area contributed by atoms with Crippen molar-refractivity contribution in [2.24, 2.45) is 4.99 Å². The van der Waals surface area contributed by atoms with Gasteiger partial charge in [-0.05, 0) is 61.6 Å². The van der Waals surface area contributed by atoms with Gasteiger partial charge in [0.15, 0.2) is 17.4 Å². The van der Waals surface area contributed by atoms with Crippen LogP contribution in [0.4, 0.5) is 11.4 Å². The molecule has 3 heterocycles. The first-order valence-corrected chi connectivity index (χ1v) is 13.5. The number of aromatic hydroxyl groups is 1. The van der Waals surface area contributed by atoms with Crippen LogP contribution in [0.25, 0.3) is 10.9 Å². The fourth-order valence-electron chi connectivity index (χ4n) is 5.03. The summed E-state index contributed by atoms with van der Waals surface area (Å²) in [5, 5.41) is 12.3. The van der Waals surface area contributed by atoms with E-state index in [1.54, 1.807) is 24.1 Å². The molecule has 40 heavy (non-hydrogen) atoms. The van der Waals surface area contributed by atoms with E-state index in [2.05, 4.69) is 21.8 Å². The number of anilines is 1. The lowest BCUT2D eigenvalue weighted by molar-refractivity contribution is -0.119. The Morgan fingerprint density at radius 3 is 2.55 bits per heavy atom. The topological polar surface area (TPSA) is 93.6 Å². The number of piperazine rings is 1. The number of halogens is 1. The van der Waals surface area contributed by atoms with Crippen LogP contribution in [0.3, 0.4) is 0 Å². The predicted molar refractivity (Wildman–Crippen MR) is 157 cm³/mol. The van der Waals surface area contributed by atoms with Crippen molar-refractivity contribution in [2.75, 3.05) is 58.5 Å². The van der Waals surface area contributed by atoms with E-state index in [1.165, 1.54) is 0 Å². The van der Waals surface area contributed by atoms with Crippen LogP contribution in [-0.4, -0.2) is 85.1 Å². The fourth-order valence-corrected chi connectivity index (χ4v) is 5.20. The number of hydrogen-bond donors (Lipinski definition) is 2. The molecule has 1 aromatic heterocycles. The summed E-state index contributed by atoms with van der Waals surface area (Å²) in [5.41, 5.74) is 4.00. The van der Waals surface area contributed by atoms with Crippen LogP contribution in [0, 0.1) is 0 Å². The SMILES string of the molecule is CN1CCN(CC(=O)N(C)c2ccc(N=C(c3ccc4c(c3)OCO4)c3c(O)[nH]c4cc(Cl)ccc34)cc2)CC1. The summed E-state index contributed by atoms with van der Waals surface area (Å²) < 4.78 is 11.1. The van der Waals surface area contributed by atoms with E-state index in [4.69, 9.17) is 26.1 Å². The minimum Gasteiger partial charge on any atom is -0.494 e. The number of rotatable bonds is 6. The van der Waals surface area contributed by atoms with Crippen molar-refractivity contribution in [2.45, 2.75) is 0 Å². The molecule has 3 aromatic carbocycles. The Hall–Kier alpha value is -4.05. The molecule has 0 radical (unpaired) electrons. The van der Waals surface area contributed by atoms with Gasteiger partial charge in [-0.25, -0.2) is 4.99 Å². The second kappa shape index (κ2) is 10.8. The van der Waals surface area contributed by atoms with Crippen molar-refractivity contribution in [3.8, 4) is 17.4 Å². The Morgan fingerprint density at radius 1 is 1.02 bits per heavy atom. The van der Waals surface area contributed by atoms with Gasteiger partial charge < -0.3 is 29.4 Å². The Bertz CT molecular complexity index is 1590. The lowest BCUT2D eigenvalue weighted by atomic mass is 10.00. The van der Waals surface area contributed by atoms with Gasteiger partial charge >= 0.3 is 0 Å². The molecule has 206 valence electrons. The Labute approximate surface area is 237 Å². The largest absolute Gasteiger partial charge is 0.494 e. The number of amides is 1. The number of carbonyl (C=O) groups is 1. The van der Waals surface area contributed by atoms with Gasteiger partial charge in [-0.3, -0.25) is 9.69 Å². The highest BCUT2D eigenvalue weighted by Gasteiger charge is 2.23. The predicted octanol–water partition coefficient (Wildman–Crippen LogP) is 4.63. The molecule has 1 saturated heterocycles. The maximum Gasteiger partial charge on any atom is 0.240 e. The maximum atomic E-state index is 13.0. The van der Waals surface area contributed by atoms with Crippen LogP contribution in [0.1, 0.15) is 11.1 Å². The molecule has 0 spiro atoms.